The SMILES string of the molecule is O=C(NCc1ccncc1)c1cncc(C(=O)NC2CCS(=O)(=O)C2)c1. The van der Waals surface area contributed by atoms with Crippen LogP contribution < -0.4 is 10.6 Å². The van der Waals surface area contributed by atoms with Gasteiger partial charge in [-0.05, 0) is 30.2 Å². The summed E-state index contributed by atoms with van der Waals surface area (Å²) >= 11 is 0. The van der Waals surface area contributed by atoms with Crippen LogP contribution in [-0.4, -0.2) is 47.7 Å². The number of carbonyl (C=O) groups is 2. The van der Waals surface area contributed by atoms with Gasteiger partial charge in [0.1, 0.15) is 0 Å². The van der Waals surface area contributed by atoms with Crippen molar-refractivity contribution < 1.29 is 18.0 Å². The summed E-state index contributed by atoms with van der Waals surface area (Å²) in [4.78, 5) is 32.4. The van der Waals surface area contributed by atoms with E-state index in [9.17, 15) is 18.0 Å². The Hall–Kier alpha value is -2.81. The fraction of sp³-hybridized carbons (Fsp3) is 0.294. The fourth-order valence-electron chi connectivity index (χ4n) is 2.65. The Balaban J connectivity index is 1.62. The topological polar surface area (TPSA) is 118 Å². The molecule has 1 saturated heterocycles. The number of sulfone groups is 1. The van der Waals surface area contributed by atoms with Crippen molar-refractivity contribution in [3.8, 4) is 0 Å². The lowest BCUT2D eigenvalue weighted by atomic mass is 10.1. The number of hydrogen-bond acceptors (Lipinski definition) is 6. The Kier molecular flexibility index (Phi) is 5.27. The Morgan fingerprint density at radius 2 is 1.77 bits per heavy atom. The Morgan fingerprint density at radius 3 is 2.42 bits per heavy atom. The maximum atomic E-state index is 12.3. The number of nitrogens with one attached hydrogen (secondary N) is 2. The smallest absolute Gasteiger partial charge is 0.253 e. The zero-order valence-corrected chi connectivity index (χ0v) is 14.7. The molecule has 2 aromatic heterocycles. The van der Waals surface area contributed by atoms with Gasteiger partial charge in [0.05, 0.1) is 22.6 Å². The summed E-state index contributed by atoms with van der Waals surface area (Å²) in [5, 5.41) is 5.43. The molecule has 8 nitrogen and oxygen atoms in total. The molecule has 2 aromatic rings. The van der Waals surface area contributed by atoms with Crippen LogP contribution in [0.5, 0.6) is 0 Å². The molecule has 0 bridgehead atoms. The first kappa shape index (κ1) is 18.0. The standard InChI is InChI=1S/C17H18N4O4S/c22-16(20-8-12-1-4-18-5-2-12)13-7-14(10-19-9-13)17(23)21-15-3-6-26(24,25)11-15/h1-2,4-5,7,9-10,15H,3,6,8,11H2,(H,20,22)(H,21,23). The van der Waals surface area contributed by atoms with E-state index in [0.29, 0.717) is 13.0 Å². The van der Waals surface area contributed by atoms with E-state index < -0.39 is 21.8 Å². The monoisotopic (exact) mass is 374 g/mol. The molecule has 26 heavy (non-hydrogen) atoms. The Labute approximate surface area is 151 Å². The Morgan fingerprint density at radius 1 is 1.08 bits per heavy atom. The molecule has 0 aromatic carbocycles. The second-order valence-electron chi connectivity index (χ2n) is 6.07. The van der Waals surface area contributed by atoms with Gasteiger partial charge in [0.2, 0.25) is 0 Å². The Bertz CT molecular complexity index is 915. The van der Waals surface area contributed by atoms with E-state index in [1.54, 1.807) is 24.5 Å². The number of rotatable bonds is 5. The van der Waals surface area contributed by atoms with Crippen molar-refractivity contribution in [2.75, 3.05) is 11.5 Å². The van der Waals surface area contributed by atoms with Gasteiger partial charge in [-0.2, -0.15) is 0 Å². The largest absolute Gasteiger partial charge is 0.348 e. The van der Waals surface area contributed by atoms with Gasteiger partial charge in [0, 0.05) is 37.4 Å². The van der Waals surface area contributed by atoms with E-state index in [1.165, 1.54) is 18.5 Å². The molecule has 0 radical (unpaired) electrons. The van der Waals surface area contributed by atoms with Gasteiger partial charge in [-0.15, -0.1) is 0 Å². The van der Waals surface area contributed by atoms with Crippen LogP contribution in [0.25, 0.3) is 0 Å². The molecule has 3 heterocycles. The van der Waals surface area contributed by atoms with Gasteiger partial charge in [-0.25, -0.2) is 8.42 Å². The third-order valence-electron chi connectivity index (χ3n) is 4.03. The number of carbonyl (C=O) groups excluding carboxylic acids is 2. The van der Waals surface area contributed by atoms with Crippen LogP contribution in [0.15, 0.2) is 43.0 Å². The molecule has 0 spiro atoms. The molecular formula is C17H18N4O4S. The minimum atomic E-state index is -3.08. The molecule has 0 saturated carbocycles. The fourth-order valence-corrected chi connectivity index (χ4v) is 4.32. The van der Waals surface area contributed by atoms with E-state index in [4.69, 9.17) is 0 Å². The molecule has 136 valence electrons. The van der Waals surface area contributed by atoms with Gasteiger partial charge in [0.25, 0.3) is 11.8 Å². The van der Waals surface area contributed by atoms with E-state index in [-0.39, 0.29) is 28.5 Å². The average molecular weight is 374 g/mol. The maximum absolute atomic E-state index is 12.3. The van der Waals surface area contributed by atoms with Crippen LogP contribution in [0.2, 0.25) is 0 Å². The van der Waals surface area contributed by atoms with Crippen molar-refractivity contribution in [2.24, 2.45) is 0 Å². The third kappa shape index (κ3) is 4.63. The van der Waals surface area contributed by atoms with Gasteiger partial charge >= 0.3 is 0 Å². The highest BCUT2D eigenvalue weighted by molar-refractivity contribution is 7.91. The zero-order chi connectivity index (χ0) is 18.6. The molecule has 1 unspecified atom stereocenters. The van der Waals surface area contributed by atoms with E-state index in [0.717, 1.165) is 5.56 Å². The summed E-state index contributed by atoms with van der Waals surface area (Å²) in [7, 11) is -3.08. The molecule has 9 heteroatoms. The maximum Gasteiger partial charge on any atom is 0.253 e. The summed E-state index contributed by atoms with van der Waals surface area (Å²) < 4.78 is 22.9. The first-order chi connectivity index (χ1) is 12.4. The first-order valence-corrected chi connectivity index (χ1v) is 9.88. The van der Waals surface area contributed by atoms with Crippen LogP contribution in [0.1, 0.15) is 32.7 Å². The predicted molar refractivity (Wildman–Crippen MR) is 94.2 cm³/mol. The van der Waals surface area contributed by atoms with Gasteiger partial charge < -0.3 is 10.6 Å². The number of amides is 2. The van der Waals surface area contributed by atoms with Gasteiger partial charge in [0.15, 0.2) is 9.84 Å². The minimum absolute atomic E-state index is 0.0573. The highest BCUT2D eigenvalue weighted by atomic mass is 32.2. The zero-order valence-electron chi connectivity index (χ0n) is 13.9. The van der Waals surface area contributed by atoms with E-state index in [1.807, 2.05) is 0 Å². The summed E-state index contributed by atoms with van der Waals surface area (Å²) in [5.74, 6) is -0.776. The number of nitrogens with zero attached hydrogens (tertiary/aromatic N) is 2. The quantitative estimate of drug-likeness (QED) is 0.778. The molecule has 2 amide bonds. The second-order valence-corrected chi connectivity index (χ2v) is 8.30. The number of hydrogen-bond donors (Lipinski definition) is 2. The number of aromatic nitrogens is 2. The molecule has 1 fully saturated rings. The molecule has 2 N–H and O–H groups in total. The predicted octanol–water partition coefficient (Wildman–Crippen LogP) is 0.324. The van der Waals surface area contributed by atoms with Crippen LogP contribution in [0, 0.1) is 0 Å². The molecule has 0 aliphatic carbocycles. The van der Waals surface area contributed by atoms with Crippen LogP contribution in [0.4, 0.5) is 0 Å². The van der Waals surface area contributed by atoms with Crippen LogP contribution in [-0.2, 0) is 16.4 Å². The van der Waals surface area contributed by atoms with Crippen LogP contribution in [0.3, 0.4) is 0 Å². The van der Waals surface area contributed by atoms with Crippen molar-refractivity contribution in [3.63, 3.8) is 0 Å². The lowest BCUT2D eigenvalue weighted by Gasteiger charge is -2.11. The molecule has 3 rings (SSSR count). The van der Waals surface area contributed by atoms with Crippen molar-refractivity contribution in [3.05, 3.63) is 59.7 Å². The normalized spacial score (nSPS) is 18.2. The summed E-state index contributed by atoms with van der Waals surface area (Å²) in [6.45, 7) is 0.331. The second kappa shape index (κ2) is 7.61. The summed E-state index contributed by atoms with van der Waals surface area (Å²) in [6.07, 6.45) is 6.39. The van der Waals surface area contributed by atoms with Crippen molar-refractivity contribution in [2.45, 2.75) is 19.0 Å². The third-order valence-corrected chi connectivity index (χ3v) is 5.80. The summed E-state index contributed by atoms with van der Waals surface area (Å²) in [5.41, 5.74) is 1.37. The van der Waals surface area contributed by atoms with E-state index >= 15 is 0 Å². The van der Waals surface area contributed by atoms with Gasteiger partial charge in [-0.1, -0.05) is 0 Å². The molecular weight excluding hydrogens is 356 g/mol. The van der Waals surface area contributed by atoms with Crippen molar-refractivity contribution in [1.29, 1.82) is 0 Å². The minimum Gasteiger partial charge on any atom is -0.348 e. The van der Waals surface area contributed by atoms with Crippen molar-refractivity contribution in [1.82, 2.24) is 20.6 Å². The summed E-state index contributed by atoms with van der Waals surface area (Å²) in [6, 6.07) is 4.61. The van der Waals surface area contributed by atoms with Gasteiger partial charge in [-0.3, -0.25) is 19.6 Å². The first-order valence-electron chi connectivity index (χ1n) is 8.06. The van der Waals surface area contributed by atoms with E-state index in [2.05, 4.69) is 20.6 Å². The highest BCUT2D eigenvalue weighted by Gasteiger charge is 2.29. The van der Waals surface area contributed by atoms with Crippen molar-refractivity contribution >= 4 is 21.7 Å². The lowest BCUT2D eigenvalue weighted by Crippen LogP contribution is -2.35. The number of pyridine rings is 2. The lowest BCUT2D eigenvalue weighted by molar-refractivity contribution is 0.0940. The molecule has 1 aliphatic heterocycles. The van der Waals surface area contributed by atoms with Crippen LogP contribution >= 0.6 is 0 Å². The molecule has 1 aliphatic rings. The average Bonchev–Trinajstić information content (AvgIpc) is 2.99. The molecule has 1 atom stereocenters. The highest BCUT2D eigenvalue weighted by Crippen LogP contribution is 2.12.